The maximum absolute atomic E-state index is 8.57. The van der Waals surface area contributed by atoms with E-state index < -0.39 is 0 Å². The lowest BCUT2D eigenvalue weighted by Gasteiger charge is -2.09. The number of hydrogen-bond acceptors (Lipinski definition) is 4. The Labute approximate surface area is 131 Å². The Morgan fingerprint density at radius 2 is 2.10 bits per heavy atom. The molecule has 0 atom stereocenters. The van der Waals surface area contributed by atoms with Crippen LogP contribution in [0.3, 0.4) is 0 Å². The van der Waals surface area contributed by atoms with Gasteiger partial charge in [-0.25, -0.2) is 0 Å². The van der Waals surface area contributed by atoms with Crippen LogP contribution in [-0.2, 0) is 13.0 Å². The Kier molecular flexibility index (Phi) is 6.06. The molecule has 2 aromatic rings. The first-order valence-corrected chi connectivity index (χ1v) is 7.93. The molecule has 0 unspecified atom stereocenters. The predicted molar refractivity (Wildman–Crippen MR) is 85.0 cm³/mol. The molecule has 0 fully saturated rings. The first-order chi connectivity index (χ1) is 9.79. The highest BCUT2D eigenvalue weighted by Gasteiger charge is 2.03. The zero-order chi connectivity index (χ0) is 14.2. The Hall–Kier alpha value is -1.35. The molecule has 20 heavy (non-hydrogen) atoms. The summed E-state index contributed by atoms with van der Waals surface area (Å²) in [7, 11) is 0. The lowest BCUT2D eigenvalue weighted by molar-refractivity contribution is 0.362. The lowest BCUT2D eigenvalue weighted by atomic mass is 10.2. The lowest BCUT2D eigenvalue weighted by Crippen LogP contribution is -2.17. The van der Waals surface area contributed by atoms with Crippen LogP contribution in [0.5, 0.6) is 5.75 Å². The number of nitrogens with one attached hydrogen (secondary N) is 1. The summed E-state index contributed by atoms with van der Waals surface area (Å²) >= 11 is 5.23. The van der Waals surface area contributed by atoms with Gasteiger partial charge in [0, 0.05) is 23.5 Å². The first-order valence-electron chi connectivity index (χ1n) is 6.32. The quantitative estimate of drug-likeness (QED) is 0.773. The van der Waals surface area contributed by atoms with Gasteiger partial charge in [0.2, 0.25) is 0 Å². The molecule has 1 aromatic carbocycles. The third-order valence-corrected chi connectivity index (χ3v) is 4.44. The summed E-state index contributed by atoms with van der Waals surface area (Å²) in [5.41, 5.74) is 1.08. The molecule has 1 heterocycles. The zero-order valence-electron chi connectivity index (χ0n) is 10.9. The second kappa shape index (κ2) is 8.05. The van der Waals surface area contributed by atoms with Gasteiger partial charge >= 0.3 is 0 Å². The van der Waals surface area contributed by atoms with Gasteiger partial charge in [-0.15, -0.1) is 11.3 Å². The van der Waals surface area contributed by atoms with E-state index in [9.17, 15) is 0 Å². The fourth-order valence-corrected chi connectivity index (χ4v) is 3.30. The summed E-state index contributed by atoms with van der Waals surface area (Å²) in [6.45, 7) is 1.74. The van der Waals surface area contributed by atoms with E-state index in [0.717, 1.165) is 30.8 Å². The van der Waals surface area contributed by atoms with Crippen LogP contribution in [0.25, 0.3) is 0 Å². The third-order valence-electron chi connectivity index (χ3n) is 2.76. The molecular weight excluding hydrogens is 336 g/mol. The Balaban J connectivity index is 1.80. The molecule has 0 radical (unpaired) electrons. The summed E-state index contributed by atoms with van der Waals surface area (Å²) in [4.78, 5) is 1.36. The molecule has 2 rings (SSSR count). The minimum Gasteiger partial charge on any atom is -0.478 e. The van der Waals surface area contributed by atoms with Crippen molar-refractivity contribution in [1.29, 1.82) is 5.26 Å². The zero-order valence-corrected chi connectivity index (χ0v) is 13.3. The molecule has 0 saturated heterocycles. The van der Waals surface area contributed by atoms with Gasteiger partial charge in [0.1, 0.15) is 11.8 Å². The Morgan fingerprint density at radius 3 is 2.85 bits per heavy atom. The summed E-state index contributed by atoms with van der Waals surface area (Å²) in [6, 6.07) is 14.0. The van der Waals surface area contributed by atoms with Gasteiger partial charge in [0.25, 0.3) is 0 Å². The van der Waals surface area contributed by atoms with Gasteiger partial charge < -0.3 is 10.1 Å². The summed E-state index contributed by atoms with van der Waals surface area (Å²) in [6.07, 6.45) is 1.01. The maximum atomic E-state index is 8.57. The molecule has 3 nitrogen and oxygen atoms in total. The first kappa shape index (κ1) is 15.0. The molecule has 0 spiro atoms. The summed E-state index contributed by atoms with van der Waals surface area (Å²) < 4.78 is 6.57. The maximum Gasteiger partial charge on any atom is 0.174 e. The van der Waals surface area contributed by atoms with Crippen molar-refractivity contribution in [1.82, 2.24) is 5.32 Å². The minimum absolute atomic E-state index is 0.0836. The van der Waals surface area contributed by atoms with Crippen LogP contribution in [0, 0.1) is 11.3 Å². The number of thiophene rings is 1. The van der Waals surface area contributed by atoms with Crippen molar-refractivity contribution in [2.45, 2.75) is 13.0 Å². The van der Waals surface area contributed by atoms with E-state index in [4.69, 9.17) is 10.00 Å². The normalized spacial score (nSPS) is 10.2. The average molecular weight is 351 g/mol. The fourth-order valence-electron chi connectivity index (χ4n) is 1.82. The predicted octanol–water partition coefficient (Wildman–Crippen LogP) is 3.75. The highest BCUT2D eigenvalue weighted by atomic mass is 79.9. The Morgan fingerprint density at radius 1 is 1.25 bits per heavy atom. The highest BCUT2D eigenvalue weighted by Crippen LogP contribution is 2.22. The van der Waals surface area contributed by atoms with Crippen LogP contribution in [0.4, 0.5) is 0 Å². The number of para-hydroxylation sites is 1. The van der Waals surface area contributed by atoms with Crippen molar-refractivity contribution >= 4 is 27.3 Å². The molecule has 0 bridgehead atoms. The fraction of sp³-hybridized carbons (Fsp3) is 0.267. The molecule has 5 heteroatoms. The van der Waals surface area contributed by atoms with Crippen LogP contribution >= 0.6 is 27.3 Å². The molecule has 0 aliphatic carbocycles. The minimum atomic E-state index is 0.0836. The van der Waals surface area contributed by atoms with Gasteiger partial charge in [0.05, 0.1) is 3.79 Å². The molecular formula is C15H15BrN2OS. The average Bonchev–Trinajstić information content (AvgIpc) is 2.88. The monoisotopic (exact) mass is 350 g/mol. The van der Waals surface area contributed by atoms with Crippen molar-refractivity contribution in [3.8, 4) is 11.8 Å². The van der Waals surface area contributed by atoms with E-state index in [1.807, 2.05) is 30.3 Å². The van der Waals surface area contributed by atoms with E-state index >= 15 is 0 Å². The number of nitriles is 1. The third kappa shape index (κ3) is 4.64. The summed E-state index contributed by atoms with van der Waals surface area (Å²) in [5, 5.41) is 12.0. The van der Waals surface area contributed by atoms with Crippen LogP contribution in [0.15, 0.2) is 40.2 Å². The van der Waals surface area contributed by atoms with Gasteiger partial charge in [-0.3, -0.25) is 0 Å². The van der Waals surface area contributed by atoms with Gasteiger partial charge in [0.15, 0.2) is 6.61 Å². The number of hydrogen-bond donors (Lipinski definition) is 1. The molecule has 1 N–H and O–H groups in total. The van der Waals surface area contributed by atoms with Gasteiger partial charge in [-0.1, -0.05) is 18.2 Å². The number of benzene rings is 1. The van der Waals surface area contributed by atoms with Crippen molar-refractivity contribution in [3.63, 3.8) is 0 Å². The van der Waals surface area contributed by atoms with E-state index in [0.29, 0.717) is 0 Å². The molecule has 0 amide bonds. The van der Waals surface area contributed by atoms with E-state index in [1.54, 1.807) is 11.3 Å². The number of ether oxygens (including phenoxy) is 1. The second-order valence-electron chi connectivity index (χ2n) is 4.19. The van der Waals surface area contributed by atoms with Gasteiger partial charge in [-0.05, 0) is 40.5 Å². The van der Waals surface area contributed by atoms with Crippen LogP contribution in [0.1, 0.15) is 10.4 Å². The molecule has 1 aromatic heterocycles. The molecule has 0 aliphatic heterocycles. The molecule has 0 saturated carbocycles. The number of nitrogens with zero attached hydrogens (tertiary/aromatic N) is 1. The second-order valence-corrected chi connectivity index (χ2v) is 6.73. The standard InChI is InChI=1S/C15H15BrN2OS/c16-15-6-5-13(20-15)7-9-18-11-12-3-1-2-4-14(12)19-10-8-17/h1-6,18H,7,9-11H2. The van der Waals surface area contributed by atoms with E-state index in [2.05, 4.69) is 33.4 Å². The van der Waals surface area contributed by atoms with Crippen molar-refractivity contribution in [2.24, 2.45) is 0 Å². The molecule has 0 aliphatic rings. The van der Waals surface area contributed by atoms with Gasteiger partial charge in [-0.2, -0.15) is 5.26 Å². The SMILES string of the molecule is N#CCOc1ccccc1CNCCc1ccc(Br)s1. The number of halogens is 1. The van der Waals surface area contributed by atoms with Crippen molar-refractivity contribution < 1.29 is 4.74 Å². The molecule has 104 valence electrons. The summed E-state index contributed by atoms with van der Waals surface area (Å²) in [5.74, 6) is 0.778. The van der Waals surface area contributed by atoms with Crippen LogP contribution < -0.4 is 10.1 Å². The Bertz CT molecular complexity index is 592. The van der Waals surface area contributed by atoms with Crippen molar-refractivity contribution in [2.75, 3.05) is 13.2 Å². The van der Waals surface area contributed by atoms with Crippen LogP contribution in [0.2, 0.25) is 0 Å². The number of rotatable bonds is 7. The van der Waals surface area contributed by atoms with Crippen LogP contribution in [-0.4, -0.2) is 13.2 Å². The largest absolute Gasteiger partial charge is 0.478 e. The smallest absolute Gasteiger partial charge is 0.174 e. The van der Waals surface area contributed by atoms with E-state index in [1.165, 1.54) is 8.66 Å². The van der Waals surface area contributed by atoms with Crippen molar-refractivity contribution in [3.05, 3.63) is 50.6 Å². The highest BCUT2D eigenvalue weighted by molar-refractivity contribution is 9.11. The van der Waals surface area contributed by atoms with E-state index in [-0.39, 0.29) is 6.61 Å². The topological polar surface area (TPSA) is 45.0 Å².